The molecule has 4 aromatic heterocycles. The third-order valence-corrected chi connectivity index (χ3v) is 10.8. The van der Waals surface area contributed by atoms with Crippen LogP contribution in [0, 0.1) is 22.7 Å². The first-order valence-electron chi connectivity index (χ1n) is 18.1. The number of fused-ring (bicyclic) bond motifs is 10. The number of para-hydroxylation sites is 4. The highest BCUT2D eigenvalue weighted by Gasteiger charge is 2.26. The first kappa shape index (κ1) is 30.7. The predicted molar refractivity (Wildman–Crippen MR) is 219 cm³/mol. The first-order valence-corrected chi connectivity index (χ1v) is 18.1. The summed E-state index contributed by atoms with van der Waals surface area (Å²) in [5.41, 5.74) is 11.3. The van der Waals surface area contributed by atoms with E-state index in [1.807, 2.05) is 48.5 Å². The Balaban J connectivity index is 1.24. The summed E-state index contributed by atoms with van der Waals surface area (Å²) in [7, 11) is 0. The standard InChI is InChI=1S/C49H28N5O/c50-28-31-25-33(36-12-2-1-11-32(36)29-51)27-34(26-31)42-23-21-35(30-52(42)54-44-18-8-3-13-37(44)38-14-4-9-19-45(38)54)53-43-17-7-5-16-41(43)48-46(53)24-22-40-39-15-6-10-20-47(39)55-49(40)48/h1-27,30H/q+1. The van der Waals surface area contributed by atoms with Crippen LogP contribution in [-0.4, -0.2) is 9.24 Å². The van der Waals surface area contributed by atoms with Gasteiger partial charge < -0.3 is 8.98 Å². The van der Waals surface area contributed by atoms with Gasteiger partial charge in [-0.05, 0) is 77.9 Å². The summed E-state index contributed by atoms with van der Waals surface area (Å²) in [5, 5.41) is 26.9. The molecule has 0 bridgehead atoms. The maximum Gasteiger partial charge on any atom is 0.243 e. The van der Waals surface area contributed by atoms with E-state index >= 15 is 0 Å². The Morgan fingerprint density at radius 1 is 0.509 bits per heavy atom. The molecule has 55 heavy (non-hydrogen) atoms. The number of nitrogens with zero attached hydrogens (tertiary/aromatic N) is 5. The van der Waals surface area contributed by atoms with Crippen LogP contribution in [0.1, 0.15) is 11.1 Å². The Labute approximate surface area is 314 Å². The number of nitriles is 2. The molecule has 0 saturated heterocycles. The van der Waals surface area contributed by atoms with Crippen LogP contribution in [0.5, 0.6) is 0 Å². The molecule has 0 amide bonds. The van der Waals surface area contributed by atoms with Crippen molar-refractivity contribution in [1.29, 1.82) is 10.5 Å². The Hall–Kier alpha value is -7.93. The molecule has 4 heterocycles. The Morgan fingerprint density at radius 3 is 1.93 bits per heavy atom. The molecule has 0 N–H and O–H groups in total. The smallest absolute Gasteiger partial charge is 0.243 e. The van der Waals surface area contributed by atoms with E-state index in [9.17, 15) is 10.5 Å². The lowest BCUT2D eigenvalue weighted by atomic mass is 9.95. The quantitative estimate of drug-likeness (QED) is 0.171. The van der Waals surface area contributed by atoms with Crippen LogP contribution >= 0.6 is 0 Å². The number of benzene rings is 7. The Bertz CT molecular complexity index is 3420. The Kier molecular flexibility index (Phi) is 6.58. The van der Waals surface area contributed by atoms with Crippen molar-refractivity contribution in [3.63, 3.8) is 0 Å². The molecule has 0 aliphatic carbocycles. The van der Waals surface area contributed by atoms with Gasteiger partial charge >= 0.3 is 0 Å². The van der Waals surface area contributed by atoms with Gasteiger partial charge in [0, 0.05) is 33.0 Å². The van der Waals surface area contributed by atoms with Crippen LogP contribution in [0.2, 0.25) is 0 Å². The van der Waals surface area contributed by atoms with E-state index in [0.717, 1.165) is 93.6 Å². The molecule has 7 aromatic carbocycles. The maximum absolute atomic E-state index is 10.3. The molecule has 6 heteroatoms. The predicted octanol–water partition coefficient (Wildman–Crippen LogP) is 11.5. The minimum Gasteiger partial charge on any atom is -0.455 e. The van der Waals surface area contributed by atoms with Gasteiger partial charge in [0.2, 0.25) is 11.9 Å². The van der Waals surface area contributed by atoms with Gasteiger partial charge in [-0.3, -0.25) is 0 Å². The van der Waals surface area contributed by atoms with Gasteiger partial charge in [-0.25, -0.2) is 0 Å². The Morgan fingerprint density at radius 2 is 1.16 bits per heavy atom. The summed E-state index contributed by atoms with van der Waals surface area (Å²) in [6.45, 7) is 0. The second-order valence-corrected chi connectivity index (χ2v) is 13.8. The van der Waals surface area contributed by atoms with Gasteiger partial charge in [0.05, 0.1) is 45.2 Å². The largest absolute Gasteiger partial charge is 0.455 e. The van der Waals surface area contributed by atoms with E-state index < -0.39 is 0 Å². The zero-order valence-corrected chi connectivity index (χ0v) is 29.3. The number of rotatable bonds is 4. The highest BCUT2D eigenvalue weighted by molar-refractivity contribution is 6.23. The van der Waals surface area contributed by atoms with Gasteiger partial charge in [0.1, 0.15) is 27.9 Å². The summed E-state index contributed by atoms with van der Waals surface area (Å²) in [5.74, 6) is 0. The lowest BCUT2D eigenvalue weighted by Crippen LogP contribution is -2.44. The molecule has 11 rings (SSSR count). The van der Waals surface area contributed by atoms with E-state index in [1.165, 1.54) is 0 Å². The van der Waals surface area contributed by atoms with Gasteiger partial charge in [-0.1, -0.05) is 95.7 Å². The monoisotopic (exact) mass is 702 g/mol. The third-order valence-electron chi connectivity index (χ3n) is 10.8. The molecule has 0 fully saturated rings. The average molecular weight is 703 g/mol. The van der Waals surface area contributed by atoms with Crippen molar-refractivity contribution in [3.05, 3.63) is 181 Å². The topological polar surface area (TPSA) is 74.5 Å². The van der Waals surface area contributed by atoms with Crippen LogP contribution in [0.15, 0.2) is 174 Å². The van der Waals surface area contributed by atoms with Gasteiger partial charge in [-0.15, -0.1) is 4.68 Å². The fourth-order valence-electron chi connectivity index (χ4n) is 8.48. The normalized spacial score (nSPS) is 11.6. The van der Waals surface area contributed by atoms with Gasteiger partial charge in [0.15, 0.2) is 0 Å². The molecular weight excluding hydrogens is 675 g/mol. The molecule has 0 unspecified atom stereocenters. The number of furan rings is 1. The van der Waals surface area contributed by atoms with Crippen LogP contribution in [0.25, 0.3) is 93.6 Å². The maximum atomic E-state index is 10.3. The minimum atomic E-state index is 0.510. The average Bonchev–Trinajstić information content (AvgIpc) is 3.91. The summed E-state index contributed by atoms with van der Waals surface area (Å²) in [6.07, 6.45) is 2.19. The van der Waals surface area contributed by atoms with Crippen molar-refractivity contribution in [2.45, 2.75) is 0 Å². The first-order chi connectivity index (χ1) is 27.2. The zero-order chi connectivity index (χ0) is 36.6. The SMILES string of the molecule is N#Cc1cc(-c2ccccc2C#N)cc(-c2ccc(-n3c4ccccc4c4c5oc6ccccc6c5ccc43)c[n+]2-n2c3ccccc3c3ccccc32)c1. The van der Waals surface area contributed by atoms with E-state index in [1.54, 1.807) is 0 Å². The molecule has 0 spiro atoms. The van der Waals surface area contributed by atoms with E-state index in [0.29, 0.717) is 11.1 Å². The van der Waals surface area contributed by atoms with Crippen molar-refractivity contribution in [2.75, 3.05) is 0 Å². The summed E-state index contributed by atoms with van der Waals surface area (Å²) >= 11 is 0. The van der Waals surface area contributed by atoms with Gasteiger partial charge in [-0.2, -0.15) is 10.5 Å². The fourth-order valence-corrected chi connectivity index (χ4v) is 8.48. The molecule has 0 atom stereocenters. The molecule has 6 nitrogen and oxygen atoms in total. The molecular formula is C49H28N5O+. The van der Waals surface area contributed by atoms with Crippen molar-refractivity contribution < 1.29 is 9.09 Å². The van der Waals surface area contributed by atoms with Crippen molar-refractivity contribution >= 4 is 65.6 Å². The number of hydrogen-bond acceptors (Lipinski definition) is 3. The lowest BCUT2D eigenvalue weighted by Gasteiger charge is -2.12. The van der Waals surface area contributed by atoms with E-state index in [-0.39, 0.29) is 0 Å². The third kappa shape index (κ3) is 4.50. The number of aromatic nitrogens is 3. The van der Waals surface area contributed by atoms with E-state index in [2.05, 4.69) is 148 Å². The van der Waals surface area contributed by atoms with Crippen LogP contribution in [0.3, 0.4) is 0 Å². The number of hydrogen-bond donors (Lipinski definition) is 0. The van der Waals surface area contributed by atoms with Crippen molar-refractivity contribution in [2.24, 2.45) is 0 Å². The molecule has 0 radical (unpaired) electrons. The minimum absolute atomic E-state index is 0.510. The van der Waals surface area contributed by atoms with Crippen molar-refractivity contribution in [3.8, 4) is 40.2 Å². The van der Waals surface area contributed by atoms with Crippen molar-refractivity contribution in [1.82, 2.24) is 9.24 Å². The second-order valence-electron chi connectivity index (χ2n) is 13.8. The molecule has 11 aromatic rings. The van der Waals surface area contributed by atoms with Crippen LogP contribution < -0.4 is 4.68 Å². The fraction of sp³-hybridized carbons (Fsp3) is 0. The molecule has 254 valence electrons. The lowest BCUT2D eigenvalue weighted by molar-refractivity contribution is -0.709. The second kappa shape index (κ2) is 11.8. The van der Waals surface area contributed by atoms with E-state index in [4.69, 9.17) is 4.42 Å². The molecule has 0 aliphatic rings. The highest BCUT2D eigenvalue weighted by Crippen LogP contribution is 2.41. The number of pyridine rings is 1. The highest BCUT2D eigenvalue weighted by atomic mass is 16.3. The molecule has 0 saturated carbocycles. The molecule has 0 aliphatic heterocycles. The zero-order valence-electron chi connectivity index (χ0n) is 29.3. The van der Waals surface area contributed by atoms with Crippen LogP contribution in [-0.2, 0) is 0 Å². The summed E-state index contributed by atoms with van der Waals surface area (Å²) < 4.78 is 13.4. The summed E-state index contributed by atoms with van der Waals surface area (Å²) in [6, 6.07) is 60.4. The summed E-state index contributed by atoms with van der Waals surface area (Å²) in [4.78, 5) is 0. The van der Waals surface area contributed by atoms with Crippen LogP contribution in [0.4, 0.5) is 0 Å². The van der Waals surface area contributed by atoms with Gasteiger partial charge in [0.25, 0.3) is 0 Å².